The van der Waals surface area contributed by atoms with Crippen LogP contribution in [-0.4, -0.2) is 12.1 Å². The van der Waals surface area contributed by atoms with Gasteiger partial charge >= 0.3 is 5.51 Å². The SMILES string of the molecule is Cl.NCC[C@@H](N)c1ccc(SC(F)(F)F)cc1. The van der Waals surface area contributed by atoms with Crippen molar-refractivity contribution >= 4 is 24.2 Å². The van der Waals surface area contributed by atoms with E-state index in [2.05, 4.69) is 0 Å². The van der Waals surface area contributed by atoms with Crippen LogP contribution in [0.4, 0.5) is 13.2 Å². The van der Waals surface area contributed by atoms with Crippen molar-refractivity contribution in [3.05, 3.63) is 29.8 Å². The van der Waals surface area contributed by atoms with Gasteiger partial charge in [-0.2, -0.15) is 13.2 Å². The summed E-state index contributed by atoms with van der Waals surface area (Å²) in [6.45, 7) is 0.459. The first-order chi connectivity index (χ1) is 7.42. The summed E-state index contributed by atoms with van der Waals surface area (Å²) < 4.78 is 36.1. The molecule has 0 saturated heterocycles. The van der Waals surface area contributed by atoms with Crippen LogP contribution in [0, 0.1) is 0 Å². The Bertz CT molecular complexity index is 329. The minimum atomic E-state index is -4.25. The molecule has 0 aromatic heterocycles. The number of alkyl halides is 3. The Hall–Kier alpha value is -0.430. The van der Waals surface area contributed by atoms with Gasteiger partial charge < -0.3 is 11.5 Å². The van der Waals surface area contributed by atoms with E-state index in [0.29, 0.717) is 13.0 Å². The first kappa shape index (κ1) is 16.6. The zero-order valence-corrected chi connectivity index (χ0v) is 10.5. The highest BCUT2D eigenvalue weighted by molar-refractivity contribution is 8.00. The molecule has 1 rings (SSSR count). The maximum atomic E-state index is 12.0. The van der Waals surface area contributed by atoms with Crippen molar-refractivity contribution in [3.8, 4) is 0 Å². The van der Waals surface area contributed by atoms with Crippen LogP contribution in [0.5, 0.6) is 0 Å². The molecular formula is C10H14ClF3N2S. The predicted octanol–water partition coefficient (Wildman–Crippen LogP) is 3.07. The first-order valence-corrected chi connectivity index (χ1v) is 5.55. The van der Waals surface area contributed by atoms with Crippen LogP contribution in [-0.2, 0) is 0 Å². The molecule has 0 fully saturated rings. The lowest BCUT2D eigenvalue weighted by Crippen LogP contribution is -2.15. The van der Waals surface area contributed by atoms with E-state index in [4.69, 9.17) is 11.5 Å². The maximum absolute atomic E-state index is 12.0. The molecule has 0 unspecified atom stereocenters. The molecule has 4 N–H and O–H groups in total. The Morgan fingerprint density at radius 3 is 2.12 bits per heavy atom. The molecule has 0 amide bonds. The third kappa shape index (κ3) is 6.16. The lowest BCUT2D eigenvalue weighted by Gasteiger charge is -2.11. The number of hydrogen-bond acceptors (Lipinski definition) is 3. The van der Waals surface area contributed by atoms with Crippen molar-refractivity contribution in [3.63, 3.8) is 0 Å². The fourth-order valence-corrected chi connectivity index (χ4v) is 1.80. The number of benzene rings is 1. The molecule has 0 aliphatic rings. The average Bonchev–Trinajstić information content (AvgIpc) is 2.16. The molecule has 1 atom stereocenters. The highest BCUT2D eigenvalue weighted by atomic mass is 35.5. The topological polar surface area (TPSA) is 52.0 Å². The molecule has 17 heavy (non-hydrogen) atoms. The zero-order valence-electron chi connectivity index (χ0n) is 8.91. The Labute approximate surface area is 108 Å². The lowest BCUT2D eigenvalue weighted by atomic mass is 10.1. The van der Waals surface area contributed by atoms with Crippen molar-refractivity contribution in [2.45, 2.75) is 22.9 Å². The van der Waals surface area contributed by atoms with Crippen LogP contribution in [0.15, 0.2) is 29.2 Å². The standard InChI is InChI=1S/C10H13F3N2S.ClH/c11-10(12,13)16-8-3-1-7(2-4-8)9(15)5-6-14;/h1-4,9H,5-6,14-15H2;1H/t9-;/m1./s1. The molecular weight excluding hydrogens is 273 g/mol. The summed E-state index contributed by atoms with van der Waals surface area (Å²) in [6.07, 6.45) is 0.617. The smallest absolute Gasteiger partial charge is 0.330 e. The third-order valence-electron chi connectivity index (χ3n) is 2.02. The number of rotatable bonds is 4. The van der Waals surface area contributed by atoms with E-state index in [1.54, 1.807) is 12.1 Å². The van der Waals surface area contributed by atoms with E-state index in [9.17, 15) is 13.2 Å². The quantitative estimate of drug-likeness (QED) is 0.837. The summed E-state index contributed by atoms with van der Waals surface area (Å²) in [6, 6.07) is 5.84. The zero-order chi connectivity index (χ0) is 12.2. The molecule has 0 spiro atoms. The van der Waals surface area contributed by atoms with Crippen LogP contribution in [0.25, 0.3) is 0 Å². The molecule has 0 saturated carbocycles. The molecule has 1 aromatic carbocycles. The van der Waals surface area contributed by atoms with Gasteiger partial charge in [-0.05, 0) is 42.4 Å². The molecule has 0 aliphatic heterocycles. The lowest BCUT2D eigenvalue weighted by molar-refractivity contribution is -0.0328. The van der Waals surface area contributed by atoms with E-state index in [1.807, 2.05) is 0 Å². The van der Waals surface area contributed by atoms with E-state index in [-0.39, 0.29) is 35.1 Å². The summed E-state index contributed by atoms with van der Waals surface area (Å²) in [5, 5.41) is 0. The van der Waals surface area contributed by atoms with Gasteiger partial charge in [0, 0.05) is 10.9 Å². The summed E-state index contributed by atoms with van der Waals surface area (Å²) in [7, 11) is 0. The Morgan fingerprint density at radius 1 is 1.18 bits per heavy atom. The molecule has 2 nitrogen and oxygen atoms in total. The van der Waals surface area contributed by atoms with Crippen molar-refractivity contribution in [1.82, 2.24) is 0 Å². The number of halogens is 4. The van der Waals surface area contributed by atoms with Crippen LogP contribution in [0.1, 0.15) is 18.0 Å². The first-order valence-electron chi connectivity index (χ1n) is 4.74. The highest BCUT2D eigenvalue weighted by Gasteiger charge is 2.29. The van der Waals surface area contributed by atoms with Crippen LogP contribution in [0.2, 0.25) is 0 Å². The fraction of sp³-hybridized carbons (Fsp3) is 0.400. The van der Waals surface area contributed by atoms with Gasteiger partial charge in [-0.3, -0.25) is 0 Å². The molecule has 7 heteroatoms. The van der Waals surface area contributed by atoms with Crippen molar-refractivity contribution in [2.24, 2.45) is 11.5 Å². The maximum Gasteiger partial charge on any atom is 0.446 e. The second kappa shape index (κ2) is 7.10. The summed E-state index contributed by atoms with van der Waals surface area (Å²) in [5.74, 6) is 0. The summed E-state index contributed by atoms with van der Waals surface area (Å²) >= 11 is -0.131. The van der Waals surface area contributed by atoms with E-state index >= 15 is 0 Å². The molecule has 0 heterocycles. The molecule has 1 aromatic rings. The number of thioether (sulfide) groups is 1. The minimum absolute atomic E-state index is 0. The van der Waals surface area contributed by atoms with E-state index in [1.165, 1.54) is 12.1 Å². The molecule has 98 valence electrons. The van der Waals surface area contributed by atoms with Gasteiger partial charge in [0.25, 0.3) is 0 Å². The molecule has 0 bridgehead atoms. The minimum Gasteiger partial charge on any atom is -0.330 e. The van der Waals surface area contributed by atoms with E-state index < -0.39 is 5.51 Å². The Morgan fingerprint density at radius 2 is 1.71 bits per heavy atom. The van der Waals surface area contributed by atoms with Gasteiger partial charge in [0.2, 0.25) is 0 Å². The van der Waals surface area contributed by atoms with Gasteiger partial charge in [0.05, 0.1) is 0 Å². The van der Waals surface area contributed by atoms with Crippen molar-refractivity contribution in [1.29, 1.82) is 0 Å². The van der Waals surface area contributed by atoms with E-state index in [0.717, 1.165) is 5.56 Å². The number of hydrogen-bond donors (Lipinski definition) is 2. The predicted molar refractivity (Wildman–Crippen MR) is 66.2 cm³/mol. The average molecular weight is 287 g/mol. The normalized spacial score (nSPS) is 13.0. The van der Waals surface area contributed by atoms with Gasteiger partial charge in [-0.15, -0.1) is 12.4 Å². The van der Waals surface area contributed by atoms with Crippen LogP contribution >= 0.6 is 24.2 Å². The Kier molecular flexibility index (Phi) is 6.92. The van der Waals surface area contributed by atoms with Crippen molar-refractivity contribution < 1.29 is 13.2 Å². The van der Waals surface area contributed by atoms with Crippen molar-refractivity contribution in [2.75, 3.05) is 6.54 Å². The summed E-state index contributed by atoms with van der Waals surface area (Å²) in [4.78, 5) is 0.163. The molecule has 0 radical (unpaired) electrons. The number of nitrogens with two attached hydrogens (primary N) is 2. The van der Waals surface area contributed by atoms with Crippen LogP contribution in [0.3, 0.4) is 0 Å². The fourth-order valence-electron chi connectivity index (χ4n) is 1.26. The summed E-state index contributed by atoms with van der Waals surface area (Å²) in [5.41, 5.74) is 7.67. The second-order valence-corrected chi connectivity index (χ2v) is 4.44. The van der Waals surface area contributed by atoms with Gasteiger partial charge in [0.1, 0.15) is 0 Å². The highest BCUT2D eigenvalue weighted by Crippen LogP contribution is 2.36. The van der Waals surface area contributed by atoms with Gasteiger partial charge in [0.15, 0.2) is 0 Å². The van der Waals surface area contributed by atoms with Gasteiger partial charge in [-0.1, -0.05) is 12.1 Å². The Balaban J connectivity index is 0.00000256. The third-order valence-corrected chi connectivity index (χ3v) is 2.76. The molecule has 0 aliphatic carbocycles. The van der Waals surface area contributed by atoms with Crippen LogP contribution < -0.4 is 11.5 Å². The second-order valence-electron chi connectivity index (χ2n) is 3.30. The largest absolute Gasteiger partial charge is 0.446 e. The monoisotopic (exact) mass is 286 g/mol. The van der Waals surface area contributed by atoms with Gasteiger partial charge in [-0.25, -0.2) is 0 Å².